The number of rotatable bonds is 5. The van der Waals surface area contributed by atoms with Crippen LogP contribution in [0.15, 0.2) is 24.3 Å². The van der Waals surface area contributed by atoms with Crippen molar-refractivity contribution in [3.63, 3.8) is 0 Å². The van der Waals surface area contributed by atoms with Crippen LogP contribution in [0.1, 0.15) is 5.69 Å². The van der Waals surface area contributed by atoms with Gasteiger partial charge in [0.05, 0.1) is 5.02 Å². The maximum atomic E-state index is 6.40. The Balaban J connectivity index is 1.51. The number of hydrogen-bond acceptors (Lipinski definition) is 3. The van der Waals surface area contributed by atoms with Crippen molar-refractivity contribution in [3.05, 3.63) is 35.0 Å². The van der Waals surface area contributed by atoms with E-state index in [1.54, 1.807) is 0 Å². The van der Waals surface area contributed by atoms with E-state index in [0.717, 1.165) is 41.3 Å². The molecule has 0 spiro atoms. The molecule has 0 amide bonds. The number of hydrogen-bond donors (Lipinski definition) is 2. The van der Waals surface area contributed by atoms with E-state index in [0.29, 0.717) is 0 Å². The molecule has 0 aliphatic carbocycles. The van der Waals surface area contributed by atoms with Gasteiger partial charge < -0.3 is 15.2 Å². The van der Waals surface area contributed by atoms with E-state index in [-0.39, 0.29) is 0 Å². The van der Waals surface area contributed by atoms with Crippen LogP contribution in [0, 0.1) is 0 Å². The van der Waals surface area contributed by atoms with Crippen molar-refractivity contribution in [1.82, 2.24) is 15.2 Å². The summed E-state index contributed by atoms with van der Waals surface area (Å²) in [5.74, 6) is 2.54. The molecule has 2 N–H and O–H groups in total. The highest BCUT2D eigenvalue weighted by atomic mass is 35.5. The zero-order chi connectivity index (χ0) is 13.8. The minimum absolute atomic E-state index is 0.802. The third kappa shape index (κ3) is 3.31. The minimum Gasteiger partial charge on any atom is -0.356 e. The van der Waals surface area contributed by atoms with Gasteiger partial charge in [-0.25, -0.2) is 0 Å². The zero-order valence-corrected chi connectivity index (χ0v) is 13.1. The summed E-state index contributed by atoms with van der Waals surface area (Å²) in [5.41, 5.74) is 2.20. The molecule has 1 fully saturated rings. The Bertz CT molecular complexity index is 563. The van der Waals surface area contributed by atoms with Gasteiger partial charge >= 0.3 is 0 Å². The number of halogens is 1. The number of H-pyrrole nitrogens is 1. The predicted molar refractivity (Wildman–Crippen MR) is 88.8 cm³/mol. The standard InChI is InChI=1S/C15H20ClN3S/c16-15-12-3-1-2-4-13(12)18-14(15)11-17-5-6-19-7-9-20-10-8-19/h1-4,17-18H,5-11H2. The van der Waals surface area contributed by atoms with Gasteiger partial charge in [-0.05, 0) is 6.07 Å². The summed E-state index contributed by atoms with van der Waals surface area (Å²) in [6, 6.07) is 8.17. The molecule has 1 aliphatic heterocycles. The van der Waals surface area contributed by atoms with Crippen LogP contribution >= 0.6 is 23.4 Å². The maximum absolute atomic E-state index is 6.40. The lowest BCUT2D eigenvalue weighted by Gasteiger charge is -2.26. The third-order valence-corrected chi connectivity index (χ3v) is 5.10. The molecule has 20 heavy (non-hydrogen) atoms. The molecule has 2 aromatic rings. The lowest BCUT2D eigenvalue weighted by atomic mass is 10.2. The quantitative estimate of drug-likeness (QED) is 0.833. The zero-order valence-electron chi connectivity index (χ0n) is 11.5. The largest absolute Gasteiger partial charge is 0.356 e. The maximum Gasteiger partial charge on any atom is 0.0705 e. The molecule has 0 saturated carbocycles. The Kier molecular flexibility index (Phi) is 4.89. The molecular weight excluding hydrogens is 290 g/mol. The number of nitrogens with one attached hydrogen (secondary N) is 2. The first-order valence-corrected chi connectivity index (χ1v) is 8.64. The van der Waals surface area contributed by atoms with Gasteiger partial charge in [0.15, 0.2) is 0 Å². The van der Waals surface area contributed by atoms with Crippen molar-refractivity contribution in [3.8, 4) is 0 Å². The van der Waals surface area contributed by atoms with Crippen LogP contribution in [0.25, 0.3) is 10.9 Å². The average Bonchev–Trinajstić information content (AvgIpc) is 2.82. The van der Waals surface area contributed by atoms with E-state index in [2.05, 4.69) is 39.1 Å². The van der Waals surface area contributed by atoms with Crippen LogP contribution in [-0.4, -0.2) is 47.6 Å². The molecule has 1 saturated heterocycles. The fraction of sp³-hybridized carbons (Fsp3) is 0.467. The second-order valence-corrected chi connectivity index (χ2v) is 6.70. The Morgan fingerprint density at radius 2 is 2.05 bits per heavy atom. The molecule has 0 radical (unpaired) electrons. The van der Waals surface area contributed by atoms with Gasteiger partial charge in [-0.3, -0.25) is 0 Å². The van der Waals surface area contributed by atoms with Gasteiger partial charge in [0, 0.05) is 60.8 Å². The summed E-state index contributed by atoms with van der Waals surface area (Å²) in [4.78, 5) is 5.92. The molecule has 3 nitrogen and oxygen atoms in total. The summed E-state index contributed by atoms with van der Waals surface area (Å²) in [7, 11) is 0. The van der Waals surface area contributed by atoms with Crippen molar-refractivity contribution >= 4 is 34.3 Å². The second-order valence-electron chi connectivity index (χ2n) is 5.09. The van der Waals surface area contributed by atoms with Crippen LogP contribution in [0.4, 0.5) is 0 Å². The van der Waals surface area contributed by atoms with Gasteiger partial charge in [0.25, 0.3) is 0 Å². The van der Waals surface area contributed by atoms with Crippen molar-refractivity contribution in [1.29, 1.82) is 0 Å². The topological polar surface area (TPSA) is 31.1 Å². The molecule has 0 atom stereocenters. The number of aromatic nitrogens is 1. The van der Waals surface area contributed by atoms with Gasteiger partial charge in [0.1, 0.15) is 0 Å². The predicted octanol–water partition coefficient (Wildman–Crippen LogP) is 2.96. The molecule has 3 rings (SSSR count). The van der Waals surface area contributed by atoms with E-state index in [1.807, 2.05) is 12.1 Å². The highest BCUT2D eigenvalue weighted by molar-refractivity contribution is 7.99. The first kappa shape index (κ1) is 14.3. The smallest absolute Gasteiger partial charge is 0.0705 e. The highest BCUT2D eigenvalue weighted by Crippen LogP contribution is 2.26. The third-order valence-electron chi connectivity index (χ3n) is 3.72. The molecule has 2 heterocycles. The van der Waals surface area contributed by atoms with Crippen molar-refractivity contribution in [2.24, 2.45) is 0 Å². The summed E-state index contributed by atoms with van der Waals surface area (Å²) in [6.45, 7) is 5.38. The fourth-order valence-corrected chi connectivity index (χ4v) is 3.82. The van der Waals surface area contributed by atoms with Crippen molar-refractivity contribution in [2.45, 2.75) is 6.54 Å². The number of para-hydroxylation sites is 1. The number of thioether (sulfide) groups is 1. The Morgan fingerprint density at radius 1 is 1.25 bits per heavy atom. The molecular formula is C15H20ClN3S. The fourth-order valence-electron chi connectivity index (χ4n) is 2.56. The summed E-state index contributed by atoms with van der Waals surface area (Å²) in [6.07, 6.45) is 0. The van der Waals surface area contributed by atoms with E-state index in [9.17, 15) is 0 Å². The summed E-state index contributed by atoms with van der Waals surface area (Å²) >= 11 is 8.45. The first-order chi connectivity index (χ1) is 9.84. The summed E-state index contributed by atoms with van der Waals surface area (Å²) < 4.78 is 0. The lowest BCUT2D eigenvalue weighted by molar-refractivity contribution is 0.301. The molecule has 1 aromatic heterocycles. The molecule has 1 aliphatic rings. The second kappa shape index (κ2) is 6.85. The number of aromatic amines is 1. The molecule has 5 heteroatoms. The Morgan fingerprint density at radius 3 is 2.85 bits per heavy atom. The number of benzene rings is 1. The van der Waals surface area contributed by atoms with Gasteiger partial charge in [-0.15, -0.1) is 0 Å². The van der Waals surface area contributed by atoms with Gasteiger partial charge in [0.2, 0.25) is 0 Å². The van der Waals surface area contributed by atoms with E-state index in [1.165, 1.54) is 24.6 Å². The normalized spacial score (nSPS) is 16.9. The summed E-state index contributed by atoms with van der Waals surface area (Å²) in [5, 5.41) is 5.45. The average molecular weight is 310 g/mol. The molecule has 0 bridgehead atoms. The van der Waals surface area contributed by atoms with E-state index in [4.69, 9.17) is 11.6 Å². The number of fused-ring (bicyclic) bond motifs is 1. The molecule has 1 aromatic carbocycles. The van der Waals surface area contributed by atoms with Crippen LogP contribution in [0.5, 0.6) is 0 Å². The van der Waals surface area contributed by atoms with Crippen LogP contribution < -0.4 is 5.32 Å². The molecule has 108 valence electrons. The molecule has 0 unspecified atom stereocenters. The highest BCUT2D eigenvalue weighted by Gasteiger charge is 2.10. The van der Waals surface area contributed by atoms with Crippen molar-refractivity contribution in [2.75, 3.05) is 37.7 Å². The van der Waals surface area contributed by atoms with Crippen molar-refractivity contribution < 1.29 is 0 Å². The van der Waals surface area contributed by atoms with E-state index < -0.39 is 0 Å². The van der Waals surface area contributed by atoms with Crippen LogP contribution in [-0.2, 0) is 6.54 Å². The Hall–Kier alpha value is -0.680. The van der Waals surface area contributed by atoms with Crippen LogP contribution in [0.3, 0.4) is 0 Å². The monoisotopic (exact) mass is 309 g/mol. The number of nitrogens with zero attached hydrogens (tertiary/aromatic N) is 1. The van der Waals surface area contributed by atoms with Gasteiger partial charge in [-0.2, -0.15) is 11.8 Å². The lowest BCUT2D eigenvalue weighted by Crippen LogP contribution is -2.37. The van der Waals surface area contributed by atoms with Crippen LogP contribution in [0.2, 0.25) is 5.02 Å². The Labute approximate surface area is 129 Å². The SMILES string of the molecule is Clc1c(CNCCN2CCSCC2)[nH]c2ccccc12. The van der Waals surface area contributed by atoms with E-state index >= 15 is 0 Å². The first-order valence-electron chi connectivity index (χ1n) is 7.10. The van der Waals surface area contributed by atoms with Gasteiger partial charge in [-0.1, -0.05) is 29.8 Å². The minimum atomic E-state index is 0.802.